The Bertz CT molecular complexity index is 662. The fourth-order valence-electron chi connectivity index (χ4n) is 3.27. The number of rotatable bonds is 5. The summed E-state index contributed by atoms with van der Waals surface area (Å²) in [6.07, 6.45) is -1.23. The number of ether oxygens (including phenoxy) is 3. The second kappa shape index (κ2) is 7.54. The van der Waals surface area contributed by atoms with E-state index in [1.807, 2.05) is 48.5 Å². The number of benzene rings is 2. The Morgan fingerprint density at radius 3 is 2.44 bits per heavy atom. The van der Waals surface area contributed by atoms with Crippen LogP contribution in [0, 0.1) is 5.92 Å². The Morgan fingerprint density at radius 1 is 0.960 bits per heavy atom. The second-order valence-corrected chi connectivity index (χ2v) is 6.44. The van der Waals surface area contributed by atoms with Gasteiger partial charge in [0.15, 0.2) is 6.10 Å². The maximum atomic E-state index is 6.26. The van der Waals surface area contributed by atoms with Crippen molar-refractivity contribution in [1.82, 2.24) is 0 Å². The highest BCUT2D eigenvalue weighted by Gasteiger charge is 2.49. The quantitative estimate of drug-likeness (QED) is 0.780. The maximum Gasteiger partial charge on any atom is 0.231 e. The molecular weight excluding hydrogens is 320 g/mol. The van der Waals surface area contributed by atoms with Crippen molar-refractivity contribution in [2.45, 2.75) is 38.1 Å². The Labute approximate surface area is 147 Å². The molecule has 4 rings (SSSR count). The van der Waals surface area contributed by atoms with Gasteiger partial charge in [-0.3, -0.25) is 0 Å². The predicted molar refractivity (Wildman–Crippen MR) is 90.7 cm³/mol. The largest absolute Gasteiger partial charge is 0.482 e. The highest BCUT2D eigenvalue weighted by molar-refractivity contribution is 5.22. The van der Waals surface area contributed by atoms with Gasteiger partial charge in [-0.05, 0) is 17.7 Å². The van der Waals surface area contributed by atoms with Crippen molar-refractivity contribution >= 4 is 0 Å². The van der Waals surface area contributed by atoms with Crippen molar-refractivity contribution in [2.75, 3.05) is 6.61 Å². The normalized spacial score (nSPS) is 31.5. The van der Waals surface area contributed by atoms with Gasteiger partial charge in [0.1, 0.15) is 18.5 Å². The summed E-state index contributed by atoms with van der Waals surface area (Å²) in [5, 5.41) is 0. The maximum absolute atomic E-state index is 6.26. The summed E-state index contributed by atoms with van der Waals surface area (Å²) in [6, 6.07) is 19.8. The molecule has 2 aromatic carbocycles. The molecule has 5 heteroatoms. The van der Waals surface area contributed by atoms with Crippen molar-refractivity contribution in [2.24, 2.45) is 5.92 Å². The molecule has 2 fully saturated rings. The average Bonchev–Trinajstić information content (AvgIpc) is 2.68. The van der Waals surface area contributed by atoms with Gasteiger partial charge in [0.25, 0.3) is 0 Å². The third-order valence-corrected chi connectivity index (χ3v) is 4.70. The third-order valence-electron chi connectivity index (χ3n) is 4.70. The number of hydrogen-bond donors (Lipinski definition) is 0. The van der Waals surface area contributed by atoms with Gasteiger partial charge in [-0.1, -0.05) is 55.5 Å². The number of hydrogen-bond acceptors (Lipinski definition) is 5. The molecule has 2 bridgehead atoms. The first-order valence-corrected chi connectivity index (χ1v) is 8.62. The fraction of sp³-hybridized carbons (Fsp3) is 0.400. The minimum Gasteiger partial charge on any atom is -0.482 e. The zero-order valence-corrected chi connectivity index (χ0v) is 14.1. The van der Waals surface area contributed by atoms with E-state index in [2.05, 4.69) is 19.1 Å². The zero-order chi connectivity index (χ0) is 17.1. The van der Waals surface area contributed by atoms with Gasteiger partial charge in [0.05, 0.1) is 12.7 Å². The lowest BCUT2D eigenvalue weighted by molar-refractivity contribution is -0.469. The molecule has 0 N–H and O–H groups in total. The summed E-state index contributed by atoms with van der Waals surface area (Å²) in [4.78, 5) is 10.6. The van der Waals surface area contributed by atoms with Crippen LogP contribution in [0.1, 0.15) is 12.5 Å². The van der Waals surface area contributed by atoms with E-state index in [0.29, 0.717) is 13.2 Å². The summed E-state index contributed by atoms with van der Waals surface area (Å²) in [5.74, 6) is 0.877. The van der Waals surface area contributed by atoms with Gasteiger partial charge in [0, 0.05) is 5.92 Å². The fourth-order valence-corrected chi connectivity index (χ4v) is 3.27. The van der Waals surface area contributed by atoms with E-state index < -0.39 is 12.4 Å². The molecule has 0 saturated carbocycles. The van der Waals surface area contributed by atoms with E-state index in [-0.39, 0.29) is 18.1 Å². The molecule has 2 aliphatic rings. The summed E-state index contributed by atoms with van der Waals surface area (Å²) >= 11 is 0. The summed E-state index contributed by atoms with van der Waals surface area (Å²) in [6.45, 7) is 3.03. The van der Waals surface area contributed by atoms with E-state index in [4.69, 9.17) is 24.0 Å². The minimum absolute atomic E-state index is 0.0600. The molecule has 2 aliphatic heterocycles. The van der Waals surface area contributed by atoms with Crippen LogP contribution in [-0.4, -0.2) is 31.2 Å². The first-order valence-electron chi connectivity index (χ1n) is 8.62. The SMILES string of the molecule is C[C@H]1C2COOC(O2)[C@@H](Oc2ccccc2)C1OCc1ccccc1. The number of fused-ring (bicyclic) bond motifs is 2. The highest BCUT2D eigenvalue weighted by atomic mass is 17.2. The smallest absolute Gasteiger partial charge is 0.231 e. The summed E-state index contributed by atoms with van der Waals surface area (Å²) in [7, 11) is 0. The van der Waals surface area contributed by atoms with E-state index in [0.717, 1.165) is 11.3 Å². The topological polar surface area (TPSA) is 46.2 Å². The standard InChI is InChI=1S/C20H22O5/c1-14-17-13-22-25-20(24-17)19(23-16-10-6-3-7-11-16)18(14)21-12-15-8-4-2-5-9-15/h2-11,14,17-20H,12-13H2,1H3/t14-,17?,18?,19-,20?/m0/s1. The Kier molecular flexibility index (Phi) is 4.99. The van der Waals surface area contributed by atoms with Crippen LogP contribution in [0.15, 0.2) is 60.7 Å². The van der Waals surface area contributed by atoms with Gasteiger partial charge < -0.3 is 14.2 Å². The van der Waals surface area contributed by atoms with Gasteiger partial charge in [0.2, 0.25) is 6.29 Å². The molecule has 2 aromatic rings. The van der Waals surface area contributed by atoms with Crippen molar-refractivity contribution in [3.63, 3.8) is 0 Å². The Balaban J connectivity index is 1.53. The van der Waals surface area contributed by atoms with Gasteiger partial charge >= 0.3 is 0 Å². The van der Waals surface area contributed by atoms with Crippen LogP contribution < -0.4 is 4.74 Å². The summed E-state index contributed by atoms with van der Waals surface area (Å²) < 4.78 is 18.4. The van der Waals surface area contributed by atoms with Crippen LogP contribution >= 0.6 is 0 Å². The first kappa shape index (κ1) is 16.5. The lowest BCUT2D eigenvalue weighted by atomic mass is 9.90. The number of para-hydroxylation sites is 1. The van der Waals surface area contributed by atoms with Crippen LogP contribution in [0.3, 0.4) is 0 Å². The zero-order valence-electron chi connectivity index (χ0n) is 14.1. The van der Waals surface area contributed by atoms with Gasteiger partial charge in [-0.2, -0.15) is 0 Å². The molecule has 0 aliphatic carbocycles. The molecule has 5 atom stereocenters. The van der Waals surface area contributed by atoms with Crippen LogP contribution in [0.2, 0.25) is 0 Å². The van der Waals surface area contributed by atoms with Crippen molar-refractivity contribution < 1.29 is 24.0 Å². The molecule has 2 heterocycles. The van der Waals surface area contributed by atoms with Crippen molar-refractivity contribution in [3.05, 3.63) is 66.2 Å². The molecule has 25 heavy (non-hydrogen) atoms. The molecule has 0 spiro atoms. The lowest BCUT2D eigenvalue weighted by Crippen LogP contribution is -2.61. The molecular formula is C20H22O5. The second-order valence-electron chi connectivity index (χ2n) is 6.44. The summed E-state index contributed by atoms with van der Waals surface area (Å²) in [5.41, 5.74) is 1.13. The molecule has 0 radical (unpaired) electrons. The van der Waals surface area contributed by atoms with Crippen LogP contribution in [-0.2, 0) is 25.9 Å². The molecule has 5 nitrogen and oxygen atoms in total. The van der Waals surface area contributed by atoms with Gasteiger partial charge in [-0.25, -0.2) is 9.78 Å². The molecule has 0 aromatic heterocycles. The lowest BCUT2D eigenvalue weighted by Gasteiger charge is -2.46. The molecule has 2 saturated heterocycles. The van der Waals surface area contributed by atoms with Crippen LogP contribution in [0.4, 0.5) is 0 Å². The molecule has 0 amide bonds. The monoisotopic (exact) mass is 342 g/mol. The Morgan fingerprint density at radius 2 is 1.68 bits per heavy atom. The first-order chi connectivity index (χ1) is 12.3. The van der Waals surface area contributed by atoms with Crippen LogP contribution in [0.5, 0.6) is 5.75 Å². The van der Waals surface area contributed by atoms with Crippen molar-refractivity contribution in [3.8, 4) is 5.75 Å². The van der Waals surface area contributed by atoms with Crippen molar-refractivity contribution in [1.29, 1.82) is 0 Å². The van der Waals surface area contributed by atoms with E-state index in [9.17, 15) is 0 Å². The Hall–Kier alpha value is -1.92. The predicted octanol–water partition coefficient (Wildman–Crippen LogP) is 3.34. The molecule has 132 valence electrons. The van der Waals surface area contributed by atoms with E-state index in [1.165, 1.54) is 0 Å². The van der Waals surface area contributed by atoms with E-state index >= 15 is 0 Å². The molecule has 3 unspecified atom stereocenters. The highest BCUT2D eigenvalue weighted by Crippen LogP contribution is 2.35. The minimum atomic E-state index is -0.601. The third kappa shape index (κ3) is 3.70. The van der Waals surface area contributed by atoms with Crippen LogP contribution in [0.25, 0.3) is 0 Å². The average molecular weight is 342 g/mol. The van der Waals surface area contributed by atoms with E-state index in [1.54, 1.807) is 0 Å². The van der Waals surface area contributed by atoms with Gasteiger partial charge in [-0.15, -0.1) is 0 Å².